The summed E-state index contributed by atoms with van der Waals surface area (Å²) in [7, 11) is 0. The van der Waals surface area contributed by atoms with Gasteiger partial charge in [-0.2, -0.15) is 11.3 Å². The van der Waals surface area contributed by atoms with Gasteiger partial charge in [-0.25, -0.2) is 9.97 Å². The first kappa shape index (κ1) is 13.8. The van der Waals surface area contributed by atoms with Crippen LogP contribution in [-0.4, -0.2) is 16.5 Å². The van der Waals surface area contributed by atoms with E-state index >= 15 is 0 Å². The first-order valence-electron chi connectivity index (χ1n) is 6.54. The normalized spacial score (nSPS) is 10.5. The van der Waals surface area contributed by atoms with Crippen molar-refractivity contribution in [1.29, 1.82) is 0 Å². The maximum Gasteiger partial charge on any atom is 0.132 e. The van der Waals surface area contributed by atoms with E-state index in [0.29, 0.717) is 0 Å². The Morgan fingerprint density at radius 3 is 2.47 bits per heavy atom. The molecule has 0 spiro atoms. The van der Waals surface area contributed by atoms with Gasteiger partial charge in [0.2, 0.25) is 0 Å². The second-order valence-corrected chi connectivity index (χ2v) is 5.29. The van der Waals surface area contributed by atoms with Gasteiger partial charge in [0, 0.05) is 19.2 Å². The topological polar surface area (TPSA) is 49.8 Å². The van der Waals surface area contributed by atoms with Crippen LogP contribution in [0.3, 0.4) is 0 Å². The zero-order valence-electron chi connectivity index (χ0n) is 11.7. The molecule has 0 amide bonds. The largest absolute Gasteiger partial charge is 0.370 e. The van der Waals surface area contributed by atoms with Gasteiger partial charge in [-0.3, -0.25) is 0 Å². The molecule has 2 N–H and O–H groups in total. The fourth-order valence-corrected chi connectivity index (χ4v) is 2.61. The van der Waals surface area contributed by atoms with E-state index in [-0.39, 0.29) is 0 Å². The fraction of sp³-hybridized carbons (Fsp3) is 0.429. The number of thiophene rings is 1. The highest BCUT2D eigenvalue weighted by Gasteiger charge is 2.03. The first-order valence-corrected chi connectivity index (χ1v) is 7.48. The van der Waals surface area contributed by atoms with Crippen LogP contribution in [0.5, 0.6) is 0 Å². The zero-order valence-corrected chi connectivity index (χ0v) is 12.5. The second-order valence-electron chi connectivity index (χ2n) is 4.55. The monoisotopic (exact) mass is 276 g/mol. The molecule has 2 rings (SSSR count). The van der Waals surface area contributed by atoms with Gasteiger partial charge in [0.25, 0.3) is 0 Å². The van der Waals surface area contributed by atoms with Crippen LogP contribution in [-0.2, 0) is 6.54 Å². The van der Waals surface area contributed by atoms with E-state index in [1.807, 2.05) is 13.0 Å². The average Bonchev–Trinajstić information content (AvgIpc) is 2.79. The number of nitrogens with zero attached hydrogens (tertiary/aromatic N) is 2. The Hall–Kier alpha value is -1.62. The summed E-state index contributed by atoms with van der Waals surface area (Å²) >= 11 is 1.73. The number of aryl methyl sites for hydroxylation is 2. The molecule has 2 aromatic rings. The molecule has 2 aromatic heterocycles. The molecule has 0 aliphatic rings. The first-order chi connectivity index (χ1) is 9.19. The number of nitrogens with one attached hydrogen (secondary N) is 2. The van der Waals surface area contributed by atoms with Gasteiger partial charge >= 0.3 is 0 Å². The lowest BCUT2D eigenvalue weighted by Gasteiger charge is -2.09. The lowest BCUT2D eigenvalue weighted by molar-refractivity contribution is 0.951. The molecular weight excluding hydrogens is 256 g/mol. The van der Waals surface area contributed by atoms with Crippen molar-refractivity contribution >= 4 is 23.0 Å². The number of aromatic nitrogens is 2. The molecule has 0 aliphatic carbocycles. The molecule has 0 fully saturated rings. The highest BCUT2D eigenvalue weighted by molar-refractivity contribution is 7.08. The van der Waals surface area contributed by atoms with E-state index < -0.39 is 0 Å². The fourth-order valence-electron chi connectivity index (χ4n) is 1.76. The predicted molar refractivity (Wildman–Crippen MR) is 81.9 cm³/mol. The van der Waals surface area contributed by atoms with Crippen molar-refractivity contribution in [3.63, 3.8) is 0 Å². The van der Waals surface area contributed by atoms with Crippen LogP contribution in [0.25, 0.3) is 0 Å². The SMILES string of the molecule is CCCNc1cc(NCc2cscc2C)nc(C)n1. The summed E-state index contributed by atoms with van der Waals surface area (Å²) in [6, 6.07) is 1.96. The number of anilines is 2. The summed E-state index contributed by atoms with van der Waals surface area (Å²) in [4.78, 5) is 8.79. The van der Waals surface area contributed by atoms with Gasteiger partial charge in [-0.05, 0) is 42.2 Å². The summed E-state index contributed by atoms with van der Waals surface area (Å²) in [6.07, 6.45) is 1.08. The molecule has 2 heterocycles. The van der Waals surface area contributed by atoms with Crippen LogP contribution in [0.1, 0.15) is 30.3 Å². The third kappa shape index (κ3) is 3.92. The van der Waals surface area contributed by atoms with Gasteiger partial charge in [-0.1, -0.05) is 6.92 Å². The van der Waals surface area contributed by atoms with E-state index in [1.165, 1.54) is 11.1 Å². The molecule has 0 saturated carbocycles. The van der Waals surface area contributed by atoms with Crippen LogP contribution < -0.4 is 10.6 Å². The maximum atomic E-state index is 4.41. The summed E-state index contributed by atoms with van der Waals surface area (Å²) in [5, 5.41) is 11.0. The third-order valence-corrected chi connectivity index (χ3v) is 3.73. The van der Waals surface area contributed by atoms with E-state index in [2.05, 4.69) is 45.2 Å². The van der Waals surface area contributed by atoms with Gasteiger partial charge in [0.05, 0.1) is 0 Å². The Bertz CT molecular complexity index is 536. The van der Waals surface area contributed by atoms with Gasteiger partial charge < -0.3 is 10.6 Å². The summed E-state index contributed by atoms with van der Waals surface area (Å²) in [6.45, 7) is 7.92. The maximum absolute atomic E-state index is 4.41. The summed E-state index contributed by atoms with van der Waals surface area (Å²) in [5.41, 5.74) is 2.65. The van der Waals surface area contributed by atoms with Crippen LogP contribution in [0, 0.1) is 13.8 Å². The van der Waals surface area contributed by atoms with Crippen molar-refractivity contribution in [2.24, 2.45) is 0 Å². The third-order valence-electron chi connectivity index (χ3n) is 2.82. The van der Waals surface area contributed by atoms with Crippen molar-refractivity contribution < 1.29 is 0 Å². The Kier molecular flexibility index (Phi) is 4.74. The average molecular weight is 276 g/mol. The summed E-state index contributed by atoms with van der Waals surface area (Å²) < 4.78 is 0. The van der Waals surface area contributed by atoms with E-state index in [4.69, 9.17) is 0 Å². The molecule has 4 nitrogen and oxygen atoms in total. The summed E-state index contributed by atoms with van der Waals surface area (Å²) in [5.74, 6) is 2.54. The standard InChI is InChI=1S/C14H20N4S/c1-4-5-15-13-6-14(18-11(3)17-13)16-7-12-9-19-8-10(12)2/h6,8-9H,4-5,7H2,1-3H3,(H2,15,16,17,18). The number of hydrogen-bond donors (Lipinski definition) is 2. The van der Waals surface area contributed by atoms with Crippen molar-refractivity contribution in [2.75, 3.05) is 17.2 Å². The molecule has 0 saturated heterocycles. The van der Waals surface area contributed by atoms with E-state index in [1.54, 1.807) is 11.3 Å². The van der Waals surface area contributed by atoms with Crippen molar-refractivity contribution in [3.05, 3.63) is 33.8 Å². The van der Waals surface area contributed by atoms with Crippen molar-refractivity contribution in [2.45, 2.75) is 33.7 Å². The van der Waals surface area contributed by atoms with Gasteiger partial charge in [0.1, 0.15) is 17.5 Å². The van der Waals surface area contributed by atoms with Crippen molar-refractivity contribution in [1.82, 2.24) is 9.97 Å². The predicted octanol–water partition coefficient (Wildman–Crippen LogP) is 3.59. The van der Waals surface area contributed by atoms with Crippen LogP contribution in [0.4, 0.5) is 11.6 Å². The number of hydrogen-bond acceptors (Lipinski definition) is 5. The molecule has 5 heteroatoms. The number of rotatable bonds is 6. The molecule has 0 unspecified atom stereocenters. The highest BCUT2D eigenvalue weighted by atomic mass is 32.1. The quantitative estimate of drug-likeness (QED) is 0.846. The Morgan fingerprint density at radius 1 is 1.11 bits per heavy atom. The minimum atomic E-state index is 0.783. The van der Waals surface area contributed by atoms with Gasteiger partial charge in [-0.15, -0.1) is 0 Å². The molecule has 0 aliphatic heterocycles. The Labute approximate surface area is 118 Å². The second kappa shape index (κ2) is 6.52. The van der Waals surface area contributed by atoms with Crippen LogP contribution in [0.15, 0.2) is 16.8 Å². The van der Waals surface area contributed by atoms with Crippen LogP contribution in [0.2, 0.25) is 0 Å². The Morgan fingerprint density at radius 2 is 1.84 bits per heavy atom. The van der Waals surface area contributed by atoms with Gasteiger partial charge in [0.15, 0.2) is 0 Å². The smallest absolute Gasteiger partial charge is 0.132 e. The van der Waals surface area contributed by atoms with Crippen molar-refractivity contribution in [3.8, 4) is 0 Å². The molecule has 0 radical (unpaired) electrons. The lowest BCUT2D eigenvalue weighted by atomic mass is 10.2. The minimum absolute atomic E-state index is 0.783. The molecule has 0 bridgehead atoms. The Balaban J connectivity index is 2.03. The molecule has 0 atom stereocenters. The molecule has 0 aromatic carbocycles. The minimum Gasteiger partial charge on any atom is -0.370 e. The highest BCUT2D eigenvalue weighted by Crippen LogP contribution is 2.16. The van der Waals surface area contributed by atoms with E-state index in [0.717, 1.165) is 37.0 Å². The molecule has 19 heavy (non-hydrogen) atoms. The zero-order chi connectivity index (χ0) is 13.7. The van der Waals surface area contributed by atoms with E-state index in [9.17, 15) is 0 Å². The lowest BCUT2D eigenvalue weighted by Crippen LogP contribution is -2.07. The molecular formula is C14H20N4S. The molecule has 102 valence electrons. The van der Waals surface area contributed by atoms with Crippen LogP contribution >= 0.6 is 11.3 Å².